The van der Waals surface area contributed by atoms with Crippen LogP contribution in [0.2, 0.25) is 5.02 Å². The number of nitrogens with zero attached hydrogens (tertiary/aromatic N) is 2. The largest absolute Gasteiger partial charge is 0.502 e. The van der Waals surface area contributed by atoms with E-state index >= 15 is 0 Å². The van der Waals surface area contributed by atoms with Gasteiger partial charge in [0, 0.05) is 10.6 Å². The lowest BCUT2D eigenvalue weighted by Crippen LogP contribution is -2.15. The number of hydrogen-bond acceptors (Lipinski definition) is 6. The Bertz CT molecular complexity index is 1090. The van der Waals surface area contributed by atoms with Gasteiger partial charge < -0.3 is 19.9 Å². The highest BCUT2D eigenvalue weighted by Crippen LogP contribution is 2.48. The standard InChI is InChI=1S/C21H20ClN3O4S/c1-11-18-20(12-8-15(28-2)19(27)16(9-12)29-3)30-10-17(26)23-21(18)25(24-11)14-6-4-13(22)5-7-14/h4-9,20,27H,10H2,1-3H3,(H,23,26)/t20-/m0/s1. The van der Waals surface area contributed by atoms with E-state index in [2.05, 4.69) is 10.4 Å². The number of aromatic nitrogens is 2. The Hall–Kier alpha value is -2.84. The van der Waals surface area contributed by atoms with E-state index in [1.165, 1.54) is 26.0 Å². The molecule has 2 heterocycles. The fourth-order valence-corrected chi connectivity index (χ4v) is 4.77. The summed E-state index contributed by atoms with van der Waals surface area (Å²) in [5.41, 5.74) is 3.29. The number of halogens is 1. The molecule has 30 heavy (non-hydrogen) atoms. The zero-order chi connectivity index (χ0) is 21.4. The van der Waals surface area contributed by atoms with Crippen LogP contribution in [-0.2, 0) is 4.79 Å². The molecule has 0 radical (unpaired) electrons. The zero-order valence-electron chi connectivity index (χ0n) is 16.6. The first-order valence-electron chi connectivity index (χ1n) is 9.14. The van der Waals surface area contributed by atoms with E-state index < -0.39 is 0 Å². The van der Waals surface area contributed by atoms with E-state index in [1.807, 2.05) is 19.1 Å². The molecule has 1 aromatic heterocycles. The van der Waals surface area contributed by atoms with Crippen LogP contribution in [0.5, 0.6) is 17.2 Å². The third-order valence-corrected chi connectivity index (χ3v) is 6.41. The van der Waals surface area contributed by atoms with E-state index in [0.717, 1.165) is 22.5 Å². The van der Waals surface area contributed by atoms with Gasteiger partial charge in [-0.2, -0.15) is 5.10 Å². The molecule has 7 nitrogen and oxygen atoms in total. The monoisotopic (exact) mass is 445 g/mol. The van der Waals surface area contributed by atoms with Gasteiger partial charge in [0.25, 0.3) is 0 Å². The number of aromatic hydroxyl groups is 1. The Morgan fingerprint density at radius 1 is 1.20 bits per heavy atom. The number of anilines is 1. The minimum Gasteiger partial charge on any atom is -0.502 e. The third kappa shape index (κ3) is 3.57. The quantitative estimate of drug-likeness (QED) is 0.621. The lowest BCUT2D eigenvalue weighted by Gasteiger charge is -2.18. The Morgan fingerprint density at radius 3 is 2.43 bits per heavy atom. The van der Waals surface area contributed by atoms with E-state index in [4.69, 9.17) is 21.1 Å². The minimum absolute atomic E-state index is 0.0645. The highest BCUT2D eigenvalue weighted by Gasteiger charge is 2.31. The predicted molar refractivity (Wildman–Crippen MR) is 117 cm³/mol. The van der Waals surface area contributed by atoms with Gasteiger partial charge in [0.15, 0.2) is 11.5 Å². The van der Waals surface area contributed by atoms with Crippen molar-refractivity contribution in [2.45, 2.75) is 12.2 Å². The Balaban J connectivity index is 1.90. The average Bonchev–Trinajstić information content (AvgIpc) is 2.94. The fourth-order valence-electron chi connectivity index (χ4n) is 3.48. The van der Waals surface area contributed by atoms with Crippen LogP contribution in [0.4, 0.5) is 5.82 Å². The highest BCUT2D eigenvalue weighted by atomic mass is 35.5. The number of phenolic OH excluding ortho intramolecular Hbond substituents is 1. The molecule has 0 aliphatic carbocycles. The summed E-state index contributed by atoms with van der Waals surface area (Å²) >= 11 is 7.50. The van der Waals surface area contributed by atoms with Crippen molar-refractivity contribution in [2.24, 2.45) is 0 Å². The molecule has 1 atom stereocenters. The number of fused-ring (bicyclic) bond motifs is 1. The number of methoxy groups -OCH3 is 2. The van der Waals surface area contributed by atoms with E-state index in [0.29, 0.717) is 22.3 Å². The van der Waals surface area contributed by atoms with Gasteiger partial charge in [-0.25, -0.2) is 4.68 Å². The van der Waals surface area contributed by atoms with Crippen LogP contribution in [0.1, 0.15) is 22.1 Å². The van der Waals surface area contributed by atoms with Crippen molar-refractivity contribution in [2.75, 3.05) is 25.3 Å². The van der Waals surface area contributed by atoms with Crippen molar-refractivity contribution >= 4 is 35.1 Å². The first-order valence-corrected chi connectivity index (χ1v) is 10.6. The van der Waals surface area contributed by atoms with E-state index in [-0.39, 0.29) is 22.7 Å². The van der Waals surface area contributed by atoms with Gasteiger partial charge in [-0.1, -0.05) is 11.6 Å². The number of benzene rings is 2. The average molecular weight is 446 g/mol. The maximum Gasteiger partial charge on any atom is 0.235 e. The molecule has 9 heteroatoms. The Morgan fingerprint density at radius 2 is 1.83 bits per heavy atom. The van der Waals surface area contributed by atoms with Crippen molar-refractivity contribution in [3.8, 4) is 22.9 Å². The van der Waals surface area contributed by atoms with Gasteiger partial charge in [0.2, 0.25) is 11.7 Å². The second-order valence-corrected chi connectivity index (χ2v) is 8.28. The van der Waals surface area contributed by atoms with Crippen molar-refractivity contribution < 1.29 is 19.4 Å². The number of carbonyl (C=O) groups excluding carboxylic acids is 1. The molecular weight excluding hydrogens is 426 g/mol. The number of amides is 1. The smallest absolute Gasteiger partial charge is 0.235 e. The van der Waals surface area contributed by atoms with Crippen molar-refractivity contribution in [1.82, 2.24) is 9.78 Å². The third-order valence-electron chi connectivity index (χ3n) is 4.88. The molecule has 0 fully saturated rings. The van der Waals surface area contributed by atoms with Crippen LogP contribution < -0.4 is 14.8 Å². The molecule has 2 N–H and O–H groups in total. The molecule has 4 rings (SSSR count). The van der Waals surface area contributed by atoms with Gasteiger partial charge in [-0.15, -0.1) is 11.8 Å². The zero-order valence-corrected chi connectivity index (χ0v) is 18.2. The topological polar surface area (TPSA) is 85.6 Å². The number of ether oxygens (including phenoxy) is 2. The molecule has 1 aliphatic heterocycles. The minimum atomic E-state index is -0.219. The molecule has 2 aromatic carbocycles. The fraction of sp³-hybridized carbons (Fsp3) is 0.238. The highest BCUT2D eigenvalue weighted by molar-refractivity contribution is 8.00. The van der Waals surface area contributed by atoms with Crippen LogP contribution in [0.25, 0.3) is 5.69 Å². The second-order valence-electron chi connectivity index (χ2n) is 6.75. The van der Waals surface area contributed by atoms with Crippen molar-refractivity contribution in [3.05, 3.63) is 58.2 Å². The summed E-state index contributed by atoms with van der Waals surface area (Å²) in [5, 5.41) is 18.4. The summed E-state index contributed by atoms with van der Waals surface area (Å²) < 4.78 is 12.4. The number of aryl methyl sites for hydroxylation is 1. The number of thioether (sulfide) groups is 1. The lowest BCUT2D eigenvalue weighted by molar-refractivity contribution is -0.113. The summed E-state index contributed by atoms with van der Waals surface area (Å²) in [5.74, 6) is 1.31. The maximum atomic E-state index is 12.5. The van der Waals surface area contributed by atoms with Gasteiger partial charge >= 0.3 is 0 Å². The van der Waals surface area contributed by atoms with Crippen LogP contribution in [-0.4, -0.2) is 40.8 Å². The number of nitrogens with one attached hydrogen (secondary N) is 1. The maximum absolute atomic E-state index is 12.5. The number of phenols is 1. The van der Waals surface area contributed by atoms with E-state index in [1.54, 1.807) is 28.9 Å². The van der Waals surface area contributed by atoms with Crippen molar-refractivity contribution in [3.63, 3.8) is 0 Å². The van der Waals surface area contributed by atoms with Gasteiger partial charge in [0.05, 0.1) is 36.6 Å². The van der Waals surface area contributed by atoms with Gasteiger partial charge in [-0.05, 0) is 48.9 Å². The molecule has 0 bridgehead atoms. The number of hydrogen-bond donors (Lipinski definition) is 2. The Kier molecular flexibility index (Phi) is 5.53. The summed E-state index contributed by atoms with van der Waals surface area (Å²) in [6.45, 7) is 1.91. The molecule has 0 unspecified atom stereocenters. The molecule has 3 aromatic rings. The van der Waals surface area contributed by atoms with Gasteiger partial charge in [-0.3, -0.25) is 4.79 Å². The molecule has 1 aliphatic rings. The summed E-state index contributed by atoms with van der Waals surface area (Å²) in [6.07, 6.45) is 0. The lowest BCUT2D eigenvalue weighted by atomic mass is 10.0. The SMILES string of the molecule is COc1cc([C@@H]2SCC(=O)Nc3c2c(C)nn3-c2ccc(Cl)cc2)cc(OC)c1O. The molecular formula is C21H20ClN3O4S. The molecule has 0 saturated heterocycles. The molecule has 1 amide bonds. The van der Waals surface area contributed by atoms with Crippen LogP contribution >= 0.6 is 23.4 Å². The van der Waals surface area contributed by atoms with Crippen molar-refractivity contribution in [1.29, 1.82) is 0 Å². The molecule has 0 saturated carbocycles. The van der Waals surface area contributed by atoms with Crippen LogP contribution in [0.3, 0.4) is 0 Å². The Labute approximate surface area is 182 Å². The number of carbonyl (C=O) groups is 1. The van der Waals surface area contributed by atoms with Gasteiger partial charge in [0.1, 0.15) is 5.82 Å². The summed E-state index contributed by atoms with van der Waals surface area (Å²) in [6, 6.07) is 10.8. The second kappa shape index (κ2) is 8.12. The normalized spacial score (nSPS) is 15.9. The first kappa shape index (κ1) is 20.4. The van der Waals surface area contributed by atoms with Crippen LogP contribution in [0, 0.1) is 6.92 Å². The van der Waals surface area contributed by atoms with Crippen LogP contribution in [0.15, 0.2) is 36.4 Å². The molecule has 0 spiro atoms. The van der Waals surface area contributed by atoms with E-state index in [9.17, 15) is 9.90 Å². The number of rotatable bonds is 4. The predicted octanol–water partition coefficient (Wildman–Crippen LogP) is 4.33. The summed E-state index contributed by atoms with van der Waals surface area (Å²) in [7, 11) is 2.97. The first-order chi connectivity index (χ1) is 14.4. The summed E-state index contributed by atoms with van der Waals surface area (Å²) in [4.78, 5) is 12.5. The molecule has 156 valence electrons.